The second-order valence-corrected chi connectivity index (χ2v) is 9.27. The first-order valence-electron chi connectivity index (χ1n) is 8.85. The van der Waals surface area contributed by atoms with Crippen LogP contribution in [0.15, 0.2) is 29.2 Å². The first-order chi connectivity index (χ1) is 14.6. The van der Waals surface area contributed by atoms with Crippen molar-refractivity contribution >= 4 is 31.6 Å². The fraction of sp³-hybridized carbons (Fsp3) is 0.333. The summed E-state index contributed by atoms with van der Waals surface area (Å²) < 4.78 is 49.8. The van der Waals surface area contributed by atoms with Gasteiger partial charge in [0.2, 0.25) is 5.85 Å². The van der Waals surface area contributed by atoms with Crippen molar-refractivity contribution in [2.45, 2.75) is 31.2 Å². The van der Waals surface area contributed by atoms with Crippen LogP contribution in [0.4, 0.5) is 4.39 Å². The summed E-state index contributed by atoms with van der Waals surface area (Å²) in [6.07, 6.45) is 3.24. The molecule has 2 aliphatic heterocycles. The second kappa shape index (κ2) is 8.15. The van der Waals surface area contributed by atoms with Gasteiger partial charge in [0.1, 0.15) is 24.0 Å². The van der Waals surface area contributed by atoms with Crippen molar-refractivity contribution in [2.75, 3.05) is 6.61 Å². The third-order valence-electron chi connectivity index (χ3n) is 4.62. The molecule has 4 rings (SSSR count). The van der Waals surface area contributed by atoms with Crippen LogP contribution in [0, 0.1) is 17.1 Å². The van der Waals surface area contributed by atoms with Crippen LogP contribution in [-0.2, 0) is 25.0 Å². The summed E-state index contributed by atoms with van der Waals surface area (Å²) in [5.74, 6) is -0.149. The third kappa shape index (κ3) is 4.47. The maximum atomic E-state index is 15.2. The molecular formula is C18H15ClFN2O7PS. The van der Waals surface area contributed by atoms with Gasteiger partial charge in [0.05, 0.1) is 6.61 Å². The molecule has 0 amide bonds. The van der Waals surface area contributed by atoms with Gasteiger partial charge in [-0.05, 0) is 30.4 Å². The Balaban J connectivity index is 1.49. The molecule has 2 aliphatic rings. The first kappa shape index (κ1) is 22.2. The topological polar surface area (TPSA) is 112 Å². The first-order valence-corrected chi connectivity index (χ1v) is 11.1. The molecule has 9 nitrogen and oxygen atoms in total. The van der Waals surface area contributed by atoms with Gasteiger partial charge in [0.15, 0.2) is 11.0 Å². The molecule has 1 saturated heterocycles. The normalized spacial score (nSPS) is 29.7. The minimum Gasteiger partial charge on any atom is -0.404 e. The van der Waals surface area contributed by atoms with Crippen LogP contribution >= 0.6 is 31.6 Å². The summed E-state index contributed by atoms with van der Waals surface area (Å²) in [5, 5.41) is 10.8. The van der Waals surface area contributed by atoms with Gasteiger partial charge >= 0.3 is 7.82 Å². The lowest BCUT2D eigenvalue weighted by atomic mass is 10.2. The number of rotatable bonds is 4. The lowest BCUT2D eigenvalue weighted by molar-refractivity contribution is -0.178. The monoisotopic (exact) mass is 488 g/mol. The molecule has 0 spiro atoms. The number of fused-ring (bicyclic) bond motifs is 1. The minimum absolute atomic E-state index is 0.0794. The van der Waals surface area contributed by atoms with E-state index in [9.17, 15) is 14.5 Å². The van der Waals surface area contributed by atoms with E-state index < -0.39 is 44.6 Å². The number of nitrogens with zero attached hydrogens (tertiary/aromatic N) is 1. The average Bonchev–Trinajstić information content (AvgIpc) is 3.02. The number of aromatic amines is 1. The van der Waals surface area contributed by atoms with Crippen LogP contribution in [0.25, 0.3) is 0 Å². The Morgan fingerprint density at radius 3 is 3.06 bits per heavy atom. The Morgan fingerprint density at radius 2 is 2.32 bits per heavy atom. The third-order valence-corrected chi connectivity index (χ3v) is 6.48. The van der Waals surface area contributed by atoms with Crippen LogP contribution in [0.3, 0.4) is 0 Å². The Kier molecular flexibility index (Phi) is 5.83. The summed E-state index contributed by atoms with van der Waals surface area (Å²) >= 11 is 10.9. The zero-order valence-electron chi connectivity index (χ0n) is 15.6. The summed E-state index contributed by atoms with van der Waals surface area (Å²) in [4.78, 5) is 14.1. The summed E-state index contributed by atoms with van der Waals surface area (Å²) in [7, 11) is -4.14. The molecule has 4 atom stereocenters. The molecule has 0 bridgehead atoms. The van der Waals surface area contributed by atoms with E-state index in [2.05, 4.69) is 10.9 Å². The number of phosphoric acid groups is 1. The Bertz CT molecular complexity index is 1240. The number of hydrogen-bond donors (Lipinski definition) is 2. The van der Waals surface area contributed by atoms with E-state index in [4.69, 9.17) is 48.6 Å². The molecule has 13 heteroatoms. The van der Waals surface area contributed by atoms with Crippen LogP contribution in [0.2, 0.25) is 5.02 Å². The van der Waals surface area contributed by atoms with E-state index in [1.54, 1.807) is 6.07 Å². The number of aromatic nitrogens is 2. The van der Waals surface area contributed by atoms with Crippen LogP contribution in [0.1, 0.15) is 23.8 Å². The number of terminal acetylenes is 1. The highest BCUT2D eigenvalue weighted by Crippen LogP contribution is 2.56. The molecule has 1 fully saturated rings. The standard InChI is InChI=1S/C18H15ClFN2O7PS/c1-2-10-7-22(17(31)21-15(10)24)16-13(23)6-18(20,28-16)9-27-30(25)26-8-11-5-12(19)3-4-14(11)29-30/h1,3-5,7,13,16,23H,6,8-9H2,(H,21,24,31)/t13-,16-,18+,30?/m1/s1. The Hall–Kier alpha value is -2.03. The number of hydrogen-bond acceptors (Lipinski definition) is 8. The fourth-order valence-corrected chi connectivity index (χ4v) is 4.84. The fourth-order valence-electron chi connectivity index (χ4n) is 3.15. The quantitative estimate of drug-likeness (QED) is 0.383. The molecule has 1 aromatic heterocycles. The zero-order valence-corrected chi connectivity index (χ0v) is 18.1. The minimum atomic E-state index is -4.14. The summed E-state index contributed by atoms with van der Waals surface area (Å²) in [5.41, 5.74) is -0.122. The molecule has 0 aliphatic carbocycles. The maximum Gasteiger partial charge on any atom is 0.530 e. The SMILES string of the molecule is C#Cc1cn([C@@H]2O[C@](F)(COP3(=O)OCc4cc(Cl)ccc4O3)C[C@H]2O)c(=S)[nH]c1=O. The number of halogens is 2. The van der Waals surface area contributed by atoms with Crippen molar-refractivity contribution in [3.63, 3.8) is 0 Å². The molecule has 1 aromatic carbocycles. The molecule has 2 aromatic rings. The van der Waals surface area contributed by atoms with E-state index in [0.717, 1.165) is 4.57 Å². The van der Waals surface area contributed by atoms with E-state index in [1.807, 2.05) is 0 Å². The predicted molar refractivity (Wildman–Crippen MR) is 109 cm³/mol. The van der Waals surface area contributed by atoms with Crippen molar-refractivity contribution in [1.29, 1.82) is 0 Å². The summed E-state index contributed by atoms with van der Waals surface area (Å²) in [6, 6.07) is 4.61. The van der Waals surface area contributed by atoms with Crippen LogP contribution < -0.4 is 10.1 Å². The Labute approximate surface area is 185 Å². The molecule has 2 N–H and O–H groups in total. The average molecular weight is 489 g/mol. The molecule has 1 unspecified atom stereocenters. The number of nitrogens with one attached hydrogen (secondary N) is 1. The molecular weight excluding hydrogens is 474 g/mol. The highest BCUT2D eigenvalue weighted by Gasteiger charge is 2.50. The van der Waals surface area contributed by atoms with Crippen molar-refractivity contribution in [3.8, 4) is 18.1 Å². The summed E-state index contributed by atoms with van der Waals surface area (Å²) in [6.45, 7) is -0.973. The molecule has 31 heavy (non-hydrogen) atoms. The molecule has 164 valence electrons. The van der Waals surface area contributed by atoms with Gasteiger partial charge in [0.25, 0.3) is 5.56 Å². The van der Waals surface area contributed by atoms with Crippen molar-refractivity contribution in [1.82, 2.24) is 9.55 Å². The zero-order chi connectivity index (χ0) is 22.4. The molecule has 0 radical (unpaired) electrons. The number of aliphatic hydroxyl groups excluding tert-OH is 1. The largest absolute Gasteiger partial charge is 0.530 e. The van der Waals surface area contributed by atoms with Crippen molar-refractivity contribution < 1.29 is 32.4 Å². The van der Waals surface area contributed by atoms with Crippen LogP contribution in [-0.4, -0.2) is 33.2 Å². The van der Waals surface area contributed by atoms with Gasteiger partial charge in [0, 0.05) is 23.2 Å². The number of phosphoric ester groups is 1. The predicted octanol–water partition coefficient (Wildman–Crippen LogP) is 3.22. The van der Waals surface area contributed by atoms with Gasteiger partial charge in [-0.3, -0.25) is 23.4 Å². The number of H-pyrrole nitrogens is 1. The van der Waals surface area contributed by atoms with Gasteiger partial charge < -0.3 is 14.4 Å². The maximum absolute atomic E-state index is 15.2. The van der Waals surface area contributed by atoms with E-state index in [0.29, 0.717) is 10.6 Å². The smallest absolute Gasteiger partial charge is 0.404 e. The highest BCUT2D eigenvalue weighted by molar-refractivity contribution is 7.71. The molecule has 3 heterocycles. The number of aliphatic hydroxyl groups is 1. The number of ether oxygens (including phenoxy) is 1. The van der Waals surface area contributed by atoms with E-state index >= 15 is 4.39 Å². The van der Waals surface area contributed by atoms with E-state index in [-0.39, 0.29) is 22.7 Å². The van der Waals surface area contributed by atoms with Gasteiger partial charge in [-0.2, -0.15) is 0 Å². The van der Waals surface area contributed by atoms with Crippen LogP contribution in [0.5, 0.6) is 5.75 Å². The Morgan fingerprint density at radius 1 is 1.55 bits per heavy atom. The lowest BCUT2D eigenvalue weighted by Crippen LogP contribution is -2.30. The highest BCUT2D eigenvalue weighted by atomic mass is 35.5. The second-order valence-electron chi connectivity index (χ2n) is 6.85. The van der Waals surface area contributed by atoms with Crippen molar-refractivity contribution in [3.05, 3.63) is 55.7 Å². The lowest BCUT2D eigenvalue weighted by Gasteiger charge is -2.27. The van der Waals surface area contributed by atoms with Gasteiger partial charge in [-0.25, -0.2) is 8.96 Å². The number of alkyl halides is 1. The van der Waals surface area contributed by atoms with Crippen molar-refractivity contribution in [2.24, 2.45) is 0 Å². The van der Waals surface area contributed by atoms with Gasteiger partial charge in [-0.1, -0.05) is 17.5 Å². The van der Waals surface area contributed by atoms with E-state index in [1.165, 1.54) is 18.3 Å². The molecule has 0 saturated carbocycles. The number of benzene rings is 1. The van der Waals surface area contributed by atoms with Gasteiger partial charge in [-0.15, -0.1) is 6.42 Å².